The second-order valence-electron chi connectivity index (χ2n) is 10.1. The third-order valence-corrected chi connectivity index (χ3v) is 6.46. The molecule has 1 aromatic rings. The lowest BCUT2D eigenvalue weighted by Crippen LogP contribution is -2.42. The van der Waals surface area contributed by atoms with E-state index in [1.54, 1.807) is 24.3 Å². The molecule has 2 unspecified atom stereocenters. The van der Waals surface area contributed by atoms with Crippen LogP contribution in [0.4, 0.5) is 4.79 Å². The summed E-state index contributed by atoms with van der Waals surface area (Å²) in [5.41, 5.74) is -1.67. The van der Waals surface area contributed by atoms with E-state index in [0.29, 0.717) is 11.4 Å². The summed E-state index contributed by atoms with van der Waals surface area (Å²) in [6, 6.07) is 7.03. The maximum Gasteiger partial charge on any atom is 0.508 e. The molecule has 0 radical (unpaired) electrons. The predicted molar refractivity (Wildman–Crippen MR) is 144 cm³/mol. The van der Waals surface area contributed by atoms with E-state index >= 15 is 0 Å². The van der Waals surface area contributed by atoms with Gasteiger partial charge in [-0.3, -0.25) is 28.9 Å². The van der Waals surface area contributed by atoms with E-state index in [1.165, 1.54) is 13.8 Å². The largest absolute Gasteiger partial charge is 0.508 e. The number of alkyl halides is 1. The maximum absolute atomic E-state index is 12.8. The Balaban J connectivity index is 1.87. The van der Waals surface area contributed by atoms with Crippen molar-refractivity contribution in [2.75, 3.05) is 39.6 Å². The van der Waals surface area contributed by atoms with Gasteiger partial charge in [0, 0.05) is 31.5 Å². The van der Waals surface area contributed by atoms with Gasteiger partial charge in [-0.05, 0) is 31.4 Å². The van der Waals surface area contributed by atoms with Crippen molar-refractivity contribution >= 4 is 47.5 Å². The third-order valence-electron chi connectivity index (χ3n) is 6.15. The fraction of sp³-hybridized carbons (Fsp3) is 0.500. The van der Waals surface area contributed by atoms with Crippen LogP contribution in [0.3, 0.4) is 0 Å². The Labute approximate surface area is 247 Å². The molecule has 14 heteroatoms. The first-order valence-electron chi connectivity index (χ1n) is 12.9. The minimum atomic E-state index is -1.64. The number of ether oxygens (including phenoxy) is 5. The van der Waals surface area contributed by atoms with Crippen LogP contribution in [0.5, 0.6) is 0 Å². The number of hydrogen-bond acceptors (Lipinski definition) is 12. The Morgan fingerprint density at radius 2 is 1.33 bits per heavy atom. The molecule has 2 amide bonds. The normalized spacial score (nSPS) is 15.4. The van der Waals surface area contributed by atoms with Gasteiger partial charge in [0.25, 0.3) is 11.8 Å². The molecule has 2 rings (SSSR count). The van der Waals surface area contributed by atoms with E-state index in [4.69, 9.17) is 35.3 Å². The van der Waals surface area contributed by atoms with Gasteiger partial charge in [-0.15, -0.1) is 11.6 Å². The molecule has 0 spiro atoms. The Morgan fingerprint density at radius 3 is 1.88 bits per heavy atom. The van der Waals surface area contributed by atoms with E-state index in [-0.39, 0.29) is 26.2 Å². The number of imide groups is 1. The van der Waals surface area contributed by atoms with Crippen LogP contribution in [0, 0.1) is 10.8 Å². The number of esters is 3. The van der Waals surface area contributed by atoms with E-state index in [9.17, 15) is 33.9 Å². The summed E-state index contributed by atoms with van der Waals surface area (Å²) >= 11 is 5.76. The fourth-order valence-electron chi connectivity index (χ4n) is 3.33. The number of aliphatic hydroxyl groups excluding tert-OH is 1. The molecule has 2 atom stereocenters. The Hall–Kier alpha value is -3.97. The zero-order chi connectivity index (χ0) is 31.3. The highest BCUT2D eigenvalue weighted by molar-refractivity contribution is 6.17. The molecule has 0 aliphatic carbocycles. The molecule has 0 saturated heterocycles. The standard InChI is InChI=1S/C28H34ClNO12/c1-19(32)40-17-28(3,25(36)38-12-4-11-30-22(33)9-10-23(30)34)18-42-26(37)41-16-27(2,15-31)24(35)39-14-21-7-5-20(13-29)6-8-21/h5-10,31H,4,11-18H2,1-3H3. The van der Waals surface area contributed by atoms with Gasteiger partial charge in [0.2, 0.25) is 0 Å². The predicted octanol–water partition coefficient (Wildman–Crippen LogP) is 2.05. The highest BCUT2D eigenvalue weighted by atomic mass is 35.5. The van der Waals surface area contributed by atoms with Crippen molar-refractivity contribution < 1.29 is 57.6 Å². The molecule has 1 N–H and O–H groups in total. The number of benzene rings is 1. The monoisotopic (exact) mass is 611 g/mol. The summed E-state index contributed by atoms with van der Waals surface area (Å²) in [6.07, 6.45) is 1.15. The Kier molecular flexibility index (Phi) is 12.9. The molecule has 1 heterocycles. The zero-order valence-corrected chi connectivity index (χ0v) is 24.3. The number of hydrogen-bond donors (Lipinski definition) is 1. The summed E-state index contributed by atoms with van der Waals surface area (Å²) in [5.74, 6) is -3.00. The van der Waals surface area contributed by atoms with Crippen molar-refractivity contribution in [2.45, 2.75) is 39.7 Å². The first kappa shape index (κ1) is 34.2. The summed E-state index contributed by atoms with van der Waals surface area (Å²) in [5, 5.41) is 9.79. The molecule has 230 valence electrons. The SMILES string of the molecule is CC(=O)OCC(C)(COC(=O)OCC(C)(CO)C(=O)OCc1ccc(CCl)cc1)C(=O)OCCCN1C(=O)C=CC1=O. The van der Waals surface area contributed by atoms with Gasteiger partial charge in [0.15, 0.2) is 0 Å². The molecule has 0 fully saturated rings. The molecule has 1 aromatic carbocycles. The highest BCUT2D eigenvalue weighted by Gasteiger charge is 2.40. The zero-order valence-electron chi connectivity index (χ0n) is 23.6. The van der Waals surface area contributed by atoms with Crippen LogP contribution in [0.25, 0.3) is 0 Å². The molecular weight excluding hydrogens is 578 g/mol. The maximum atomic E-state index is 12.8. The number of halogens is 1. The lowest BCUT2D eigenvalue weighted by atomic mass is 9.93. The van der Waals surface area contributed by atoms with Crippen LogP contribution in [0.15, 0.2) is 36.4 Å². The van der Waals surface area contributed by atoms with Crippen LogP contribution in [0.1, 0.15) is 38.3 Å². The van der Waals surface area contributed by atoms with Crippen LogP contribution >= 0.6 is 11.6 Å². The second-order valence-corrected chi connectivity index (χ2v) is 10.3. The summed E-state index contributed by atoms with van der Waals surface area (Å²) in [4.78, 5) is 73.3. The van der Waals surface area contributed by atoms with Gasteiger partial charge >= 0.3 is 24.1 Å². The molecule has 0 bridgehead atoms. The number of carbonyl (C=O) groups excluding carboxylic acids is 6. The Morgan fingerprint density at radius 1 is 0.810 bits per heavy atom. The van der Waals surface area contributed by atoms with Crippen molar-refractivity contribution in [3.05, 3.63) is 47.5 Å². The number of amides is 2. The van der Waals surface area contributed by atoms with Crippen LogP contribution in [-0.2, 0) is 60.1 Å². The average Bonchev–Trinajstić information content (AvgIpc) is 3.30. The lowest BCUT2D eigenvalue weighted by molar-refractivity contribution is -0.165. The highest BCUT2D eigenvalue weighted by Crippen LogP contribution is 2.23. The number of rotatable bonds is 16. The second kappa shape index (κ2) is 15.9. The Bertz CT molecular complexity index is 1170. The number of aliphatic hydroxyl groups is 1. The molecule has 42 heavy (non-hydrogen) atoms. The summed E-state index contributed by atoms with van der Waals surface area (Å²) in [7, 11) is 0. The fourth-order valence-corrected chi connectivity index (χ4v) is 3.51. The van der Waals surface area contributed by atoms with Crippen molar-refractivity contribution in [1.29, 1.82) is 0 Å². The minimum absolute atomic E-state index is 0.0216. The summed E-state index contributed by atoms with van der Waals surface area (Å²) in [6.45, 7) is 1.14. The first-order valence-corrected chi connectivity index (χ1v) is 13.4. The van der Waals surface area contributed by atoms with E-state index < -0.39 is 73.1 Å². The topological polar surface area (TPSA) is 172 Å². The van der Waals surface area contributed by atoms with Gasteiger partial charge in [0.1, 0.15) is 37.3 Å². The van der Waals surface area contributed by atoms with Gasteiger partial charge in [-0.25, -0.2) is 4.79 Å². The van der Waals surface area contributed by atoms with Crippen LogP contribution < -0.4 is 0 Å². The van der Waals surface area contributed by atoms with Gasteiger partial charge in [0.05, 0.1) is 13.2 Å². The minimum Gasteiger partial charge on any atom is -0.465 e. The van der Waals surface area contributed by atoms with E-state index in [2.05, 4.69) is 0 Å². The molecule has 0 saturated carbocycles. The van der Waals surface area contributed by atoms with Crippen molar-refractivity contribution in [3.8, 4) is 0 Å². The van der Waals surface area contributed by atoms with Gasteiger partial charge in [-0.2, -0.15) is 0 Å². The van der Waals surface area contributed by atoms with E-state index in [0.717, 1.165) is 29.5 Å². The third kappa shape index (κ3) is 10.1. The molecule has 1 aliphatic heterocycles. The summed E-state index contributed by atoms with van der Waals surface area (Å²) < 4.78 is 25.5. The smallest absolute Gasteiger partial charge is 0.465 e. The van der Waals surface area contributed by atoms with Crippen molar-refractivity contribution in [3.63, 3.8) is 0 Å². The lowest BCUT2D eigenvalue weighted by Gasteiger charge is -2.27. The van der Waals surface area contributed by atoms with Crippen LogP contribution in [0.2, 0.25) is 0 Å². The molecule has 13 nitrogen and oxygen atoms in total. The molecular formula is C28H34ClNO12. The number of nitrogens with zero attached hydrogens (tertiary/aromatic N) is 1. The average molecular weight is 612 g/mol. The van der Waals surface area contributed by atoms with E-state index in [1.807, 2.05) is 0 Å². The first-order chi connectivity index (χ1) is 19.8. The van der Waals surface area contributed by atoms with Crippen molar-refractivity contribution in [1.82, 2.24) is 4.90 Å². The molecule has 1 aliphatic rings. The van der Waals surface area contributed by atoms with Crippen molar-refractivity contribution in [2.24, 2.45) is 10.8 Å². The quantitative estimate of drug-likeness (QED) is 0.0949. The van der Waals surface area contributed by atoms with Gasteiger partial charge in [-0.1, -0.05) is 24.3 Å². The molecule has 0 aromatic heterocycles. The van der Waals surface area contributed by atoms with Crippen LogP contribution in [-0.4, -0.2) is 85.5 Å². The van der Waals surface area contributed by atoms with Gasteiger partial charge < -0.3 is 28.8 Å². The number of carbonyl (C=O) groups is 6.